The Balaban J connectivity index is 2.25. The van der Waals surface area contributed by atoms with Crippen molar-refractivity contribution in [1.29, 1.82) is 0 Å². The number of phenols is 4. The highest BCUT2D eigenvalue weighted by atomic mass is 16.4. The summed E-state index contributed by atoms with van der Waals surface area (Å²) in [6.07, 6.45) is 0. The van der Waals surface area contributed by atoms with Crippen molar-refractivity contribution in [1.82, 2.24) is 4.57 Å². The smallest absolute Gasteiger partial charge is 0.372 e. The van der Waals surface area contributed by atoms with Gasteiger partial charge in [0.2, 0.25) is 11.2 Å². The SMILES string of the molecule is Cc1c(-c2c(C(=O)O)oc3cc(O)c(O)cc3c2=O)c(=O)c2cc(O)c(O)cc2n1C. The van der Waals surface area contributed by atoms with E-state index >= 15 is 0 Å². The number of hydrogen-bond acceptors (Lipinski definition) is 8. The molecule has 0 radical (unpaired) electrons. The number of pyridine rings is 1. The van der Waals surface area contributed by atoms with Crippen molar-refractivity contribution >= 4 is 27.8 Å². The van der Waals surface area contributed by atoms with E-state index in [9.17, 15) is 39.9 Å². The van der Waals surface area contributed by atoms with Gasteiger partial charge in [0.1, 0.15) is 5.58 Å². The first-order valence-corrected chi connectivity index (χ1v) is 8.84. The van der Waals surface area contributed by atoms with E-state index in [1.165, 1.54) is 24.6 Å². The summed E-state index contributed by atoms with van der Waals surface area (Å²) in [5, 5.41) is 48.4. The highest BCUT2D eigenvalue weighted by Crippen LogP contribution is 2.34. The highest BCUT2D eigenvalue weighted by Gasteiger charge is 2.27. The van der Waals surface area contributed by atoms with Gasteiger partial charge in [-0.3, -0.25) is 9.59 Å². The van der Waals surface area contributed by atoms with Crippen LogP contribution in [0.5, 0.6) is 23.0 Å². The van der Waals surface area contributed by atoms with Crippen LogP contribution >= 0.6 is 0 Å². The lowest BCUT2D eigenvalue weighted by Gasteiger charge is -2.16. The zero-order chi connectivity index (χ0) is 22.8. The van der Waals surface area contributed by atoms with Gasteiger partial charge in [-0.25, -0.2) is 4.79 Å². The predicted octanol–water partition coefficient (Wildman–Crippen LogP) is 2.14. The van der Waals surface area contributed by atoms with Gasteiger partial charge in [0.15, 0.2) is 28.4 Å². The Morgan fingerprint density at radius 2 is 1.35 bits per heavy atom. The fourth-order valence-corrected chi connectivity index (χ4v) is 3.56. The third-order valence-electron chi connectivity index (χ3n) is 5.22. The average Bonchev–Trinajstić information content (AvgIpc) is 2.70. The second-order valence-corrected chi connectivity index (χ2v) is 6.98. The first kappa shape index (κ1) is 19.8. The van der Waals surface area contributed by atoms with Gasteiger partial charge >= 0.3 is 5.97 Å². The van der Waals surface area contributed by atoms with Crippen molar-refractivity contribution in [3.05, 3.63) is 56.2 Å². The van der Waals surface area contributed by atoms with Crippen LogP contribution in [0.15, 0.2) is 38.3 Å². The number of rotatable bonds is 2. The molecule has 0 bridgehead atoms. The maximum absolute atomic E-state index is 13.3. The summed E-state index contributed by atoms with van der Waals surface area (Å²) in [5.41, 5.74) is -2.35. The highest BCUT2D eigenvalue weighted by molar-refractivity contribution is 5.99. The van der Waals surface area contributed by atoms with Gasteiger partial charge in [0.05, 0.1) is 27.4 Å². The number of aromatic hydroxyl groups is 4. The van der Waals surface area contributed by atoms with Gasteiger partial charge < -0.3 is 34.5 Å². The number of aromatic nitrogens is 1. The minimum atomic E-state index is -1.63. The second kappa shape index (κ2) is 6.52. The Hall–Kier alpha value is -4.47. The largest absolute Gasteiger partial charge is 0.504 e. The average molecular weight is 425 g/mol. The number of nitrogens with zero attached hydrogens (tertiary/aromatic N) is 1. The van der Waals surface area contributed by atoms with Gasteiger partial charge in [-0.05, 0) is 19.1 Å². The number of carbonyl (C=O) groups is 1. The van der Waals surface area contributed by atoms with Crippen LogP contribution < -0.4 is 10.9 Å². The Labute approximate surface area is 172 Å². The van der Waals surface area contributed by atoms with Crippen LogP contribution in [-0.4, -0.2) is 36.1 Å². The van der Waals surface area contributed by atoms with Crippen LogP contribution in [0.25, 0.3) is 33.0 Å². The fraction of sp³-hybridized carbons (Fsp3) is 0.0952. The monoisotopic (exact) mass is 425 g/mol. The molecule has 0 atom stereocenters. The van der Waals surface area contributed by atoms with Crippen LogP contribution in [0, 0.1) is 6.92 Å². The molecule has 10 heteroatoms. The van der Waals surface area contributed by atoms with Crippen LogP contribution in [0.2, 0.25) is 0 Å². The van der Waals surface area contributed by atoms with E-state index in [2.05, 4.69) is 0 Å². The molecule has 2 heterocycles. The molecule has 5 N–H and O–H groups in total. The van der Waals surface area contributed by atoms with E-state index in [0.717, 1.165) is 18.2 Å². The molecule has 0 saturated carbocycles. The molecule has 2 aromatic carbocycles. The lowest BCUT2D eigenvalue weighted by Crippen LogP contribution is -2.21. The van der Waals surface area contributed by atoms with E-state index in [-0.39, 0.29) is 33.1 Å². The van der Waals surface area contributed by atoms with Gasteiger partial charge in [-0.2, -0.15) is 0 Å². The molecule has 0 saturated heterocycles. The lowest BCUT2D eigenvalue weighted by molar-refractivity contribution is 0.0664. The van der Waals surface area contributed by atoms with Crippen molar-refractivity contribution < 1.29 is 34.7 Å². The summed E-state index contributed by atoms with van der Waals surface area (Å²) in [6, 6.07) is 4.00. The third kappa shape index (κ3) is 2.76. The van der Waals surface area contributed by atoms with Gasteiger partial charge in [-0.15, -0.1) is 0 Å². The minimum Gasteiger partial charge on any atom is -0.504 e. The van der Waals surface area contributed by atoms with Gasteiger partial charge in [0.25, 0.3) is 0 Å². The molecule has 0 aliphatic heterocycles. The molecule has 158 valence electrons. The molecular formula is C21H15NO9. The molecule has 0 spiro atoms. The molecular weight excluding hydrogens is 410 g/mol. The molecule has 0 amide bonds. The van der Waals surface area contributed by atoms with Crippen LogP contribution in [-0.2, 0) is 7.05 Å². The molecule has 0 fully saturated rings. The first-order chi connectivity index (χ1) is 14.5. The first-order valence-electron chi connectivity index (χ1n) is 8.84. The molecule has 4 rings (SSSR count). The molecule has 31 heavy (non-hydrogen) atoms. The number of hydrogen-bond donors (Lipinski definition) is 5. The number of benzene rings is 2. The number of aromatic carboxylic acids is 1. The summed E-state index contributed by atoms with van der Waals surface area (Å²) in [4.78, 5) is 38.4. The third-order valence-corrected chi connectivity index (χ3v) is 5.22. The normalized spacial score (nSPS) is 11.3. The van der Waals surface area contributed by atoms with Gasteiger partial charge in [0, 0.05) is 24.9 Å². The van der Waals surface area contributed by atoms with E-state index in [1.807, 2.05) is 0 Å². The number of carboxylic acids is 1. The minimum absolute atomic E-state index is 0.0669. The van der Waals surface area contributed by atoms with E-state index in [0.29, 0.717) is 0 Å². The maximum Gasteiger partial charge on any atom is 0.372 e. The zero-order valence-electron chi connectivity index (χ0n) is 16.1. The Morgan fingerprint density at radius 1 is 0.839 bits per heavy atom. The molecule has 10 nitrogen and oxygen atoms in total. The molecule has 0 aliphatic carbocycles. The number of carboxylic acid groups (broad SMARTS) is 1. The standard InChI is InChI=1S/C21H15NO9/c1-7-16(18(27)8-3-11(23)13(25)5-10(8)22(7)2)17-19(28)9-4-12(24)14(26)6-15(9)31-20(17)21(29)30/h3-6,23-26H,1-2H3,(H,29,30). The van der Waals surface area contributed by atoms with Crippen molar-refractivity contribution in [2.45, 2.75) is 6.92 Å². The van der Waals surface area contributed by atoms with Crippen LogP contribution in [0.4, 0.5) is 0 Å². The van der Waals surface area contributed by atoms with E-state index in [4.69, 9.17) is 4.42 Å². The number of phenolic OH excluding ortho intramolecular Hbond substituents is 4. The maximum atomic E-state index is 13.3. The summed E-state index contributed by atoms with van der Waals surface area (Å²) < 4.78 is 6.78. The number of aryl methyl sites for hydroxylation is 1. The fourth-order valence-electron chi connectivity index (χ4n) is 3.56. The molecule has 2 aromatic heterocycles. The van der Waals surface area contributed by atoms with Crippen molar-refractivity contribution in [2.75, 3.05) is 0 Å². The summed E-state index contributed by atoms with van der Waals surface area (Å²) >= 11 is 0. The van der Waals surface area contributed by atoms with Crippen molar-refractivity contribution in [2.24, 2.45) is 7.05 Å². The van der Waals surface area contributed by atoms with Crippen molar-refractivity contribution in [3.63, 3.8) is 0 Å². The summed E-state index contributed by atoms with van der Waals surface area (Å²) in [7, 11) is 1.53. The quantitative estimate of drug-likeness (QED) is 0.302. The molecule has 4 aromatic rings. The topological polar surface area (TPSA) is 170 Å². The Kier molecular flexibility index (Phi) is 4.17. The Bertz CT molecular complexity index is 1560. The number of fused-ring (bicyclic) bond motifs is 2. The van der Waals surface area contributed by atoms with E-state index in [1.54, 1.807) is 0 Å². The Morgan fingerprint density at radius 3 is 1.97 bits per heavy atom. The lowest BCUT2D eigenvalue weighted by atomic mass is 9.97. The van der Waals surface area contributed by atoms with E-state index < -0.39 is 51.1 Å². The summed E-state index contributed by atoms with van der Waals surface area (Å²) in [5.74, 6) is -4.72. The molecule has 0 aliphatic rings. The summed E-state index contributed by atoms with van der Waals surface area (Å²) in [6.45, 7) is 1.48. The van der Waals surface area contributed by atoms with Crippen LogP contribution in [0.3, 0.4) is 0 Å². The predicted molar refractivity (Wildman–Crippen MR) is 109 cm³/mol. The zero-order valence-corrected chi connectivity index (χ0v) is 16.1. The second-order valence-electron chi connectivity index (χ2n) is 6.98. The molecule has 0 unspecified atom stereocenters. The van der Waals surface area contributed by atoms with Crippen molar-refractivity contribution in [3.8, 4) is 34.1 Å². The van der Waals surface area contributed by atoms with Gasteiger partial charge in [-0.1, -0.05) is 0 Å². The van der Waals surface area contributed by atoms with Crippen LogP contribution in [0.1, 0.15) is 16.2 Å².